The van der Waals surface area contributed by atoms with Gasteiger partial charge in [0.25, 0.3) is 0 Å². The largest absolute Gasteiger partial charge is 0.309 e. The lowest BCUT2D eigenvalue weighted by molar-refractivity contribution is 0.220. The van der Waals surface area contributed by atoms with Gasteiger partial charge in [-0.3, -0.25) is 0 Å². The Bertz CT molecular complexity index is 402. The van der Waals surface area contributed by atoms with Gasteiger partial charge < -0.3 is 5.32 Å². The van der Waals surface area contributed by atoms with Gasteiger partial charge in [0.15, 0.2) is 0 Å². The smallest absolute Gasteiger partial charge is 0.131 e. The van der Waals surface area contributed by atoms with Gasteiger partial charge in [0, 0.05) is 24.7 Å². The van der Waals surface area contributed by atoms with Crippen LogP contribution in [0.25, 0.3) is 0 Å². The number of nitrogens with one attached hydrogen (secondary N) is 1. The van der Waals surface area contributed by atoms with Crippen LogP contribution < -0.4 is 5.32 Å². The van der Waals surface area contributed by atoms with Crippen molar-refractivity contribution in [3.63, 3.8) is 0 Å². The van der Waals surface area contributed by atoms with Crippen molar-refractivity contribution in [2.75, 3.05) is 0 Å². The molecular weight excluding hydrogens is 234 g/mol. The monoisotopic (exact) mass is 261 g/mol. The normalized spacial score (nSPS) is 19.8. The van der Waals surface area contributed by atoms with Crippen molar-refractivity contribution >= 4 is 0 Å². The first-order valence-corrected chi connectivity index (χ1v) is 7.51. The SMILES string of the molecule is CC(C)NCc1ccnc(C2CCC(C)(C)CC2)n1. The highest BCUT2D eigenvalue weighted by molar-refractivity contribution is 5.07. The summed E-state index contributed by atoms with van der Waals surface area (Å²) in [5, 5.41) is 3.41. The van der Waals surface area contributed by atoms with E-state index in [0.717, 1.165) is 18.1 Å². The molecule has 1 heterocycles. The molecule has 1 aromatic rings. The third-order valence-corrected chi connectivity index (χ3v) is 4.13. The lowest BCUT2D eigenvalue weighted by Gasteiger charge is -2.33. The molecule has 19 heavy (non-hydrogen) atoms. The van der Waals surface area contributed by atoms with E-state index < -0.39 is 0 Å². The Morgan fingerprint density at radius 3 is 2.63 bits per heavy atom. The van der Waals surface area contributed by atoms with Crippen LogP contribution in [0.4, 0.5) is 0 Å². The molecule has 0 bridgehead atoms. The van der Waals surface area contributed by atoms with Crippen molar-refractivity contribution in [3.05, 3.63) is 23.8 Å². The van der Waals surface area contributed by atoms with Gasteiger partial charge in [-0.15, -0.1) is 0 Å². The predicted molar refractivity (Wildman–Crippen MR) is 79.0 cm³/mol. The summed E-state index contributed by atoms with van der Waals surface area (Å²) < 4.78 is 0. The highest BCUT2D eigenvalue weighted by Crippen LogP contribution is 2.41. The van der Waals surface area contributed by atoms with E-state index in [1.807, 2.05) is 12.3 Å². The van der Waals surface area contributed by atoms with Crippen LogP contribution in [0.1, 0.15) is 70.8 Å². The van der Waals surface area contributed by atoms with E-state index in [0.29, 0.717) is 17.4 Å². The Morgan fingerprint density at radius 2 is 2.00 bits per heavy atom. The fourth-order valence-electron chi connectivity index (χ4n) is 2.67. The number of nitrogens with zero attached hydrogens (tertiary/aromatic N) is 2. The molecule has 3 heteroatoms. The first kappa shape index (κ1) is 14.4. The van der Waals surface area contributed by atoms with Crippen LogP contribution in [0, 0.1) is 5.41 Å². The van der Waals surface area contributed by atoms with Gasteiger partial charge in [-0.1, -0.05) is 27.7 Å². The zero-order valence-electron chi connectivity index (χ0n) is 12.7. The molecule has 0 radical (unpaired) electrons. The molecule has 106 valence electrons. The lowest BCUT2D eigenvalue weighted by Crippen LogP contribution is -2.24. The molecule has 1 aliphatic rings. The molecule has 1 aromatic heterocycles. The Balaban J connectivity index is 1.99. The average molecular weight is 261 g/mol. The second-order valence-corrected chi connectivity index (χ2v) is 6.88. The first-order chi connectivity index (χ1) is 8.96. The van der Waals surface area contributed by atoms with Gasteiger partial charge in [0.05, 0.1) is 5.69 Å². The van der Waals surface area contributed by atoms with Crippen LogP contribution in [0.3, 0.4) is 0 Å². The molecule has 0 aliphatic heterocycles. The van der Waals surface area contributed by atoms with Gasteiger partial charge >= 0.3 is 0 Å². The molecule has 0 aromatic carbocycles. The van der Waals surface area contributed by atoms with Gasteiger partial charge in [-0.25, -0.2) is 9.97 Å². The van der Waals surface area contributed by atoms with Gasteiger partial charge in [0.1, 0.15) is 5.82 Å². The highest BCUT2D eigenvalue weighted by atomic mass is 14.9. The van der Waals surface area contributed by atoms with Crippen molar-refractivity contribution in [1.29, 1.82) is 0 Å². The lowest BCUT2D eigenvalue weighted by atomic mass is 9.73. The zero-order valence-corrected chi connectivity index (χ0v) is 12.7. The summed E-state index contributed by atoms with van der Waals surface area (Å²) in [7, 11) is 0. The summed E-state index contributed by atoms with van der Waals surface area (Å²) in [5.74, 6) is 1.62. The van der Waals surface area contributed by atoms with E-state index in [4.69, 9.17) is 4.98 Å². The summed E-state index contributed by atoms with van der Waals surface area (Å²) in [6, 6.07) is 2.51. The van der Waals surface area contributed by atoms with Crippen molar-refractivity contribution in [1.82, 2.24) is 15.3 Å². The number of rotatable bonds is 4. The summed E-state index contributed by atoms with van der Waals surface area (Å²) in [4.78, 5) is 9.24. The molecule has 1 fully saturated rings. The second kappa shape index (κ2) is 6.00. The first-order valence-electron chi connectivity index (χ1n) is 7.51. The maximum absolute atomic E-state index is 4.74. The number of aromatic nitrogens is 2. The van der Waals surface area contributed by atoms with Crippen LogP contribution in [0.5, 0.6) is 0 Å². The van der Waals surface area contributed by atoms with E-state index in [9.17, 15) is 0 Å². The number of hydrogen-bond donors (Lipinski definition) is 1. The third kappa shape index (κ3) is 4.27. The summed E-state index contributed by atoms with van der Waals surface area (Å²) in [6.07, 6.45) is 6.95. The van der Waals surface area contributed by atoms with E-state index in [1.54, 1.807) is 0 Å². The second-order valence-electron chi connectivity index (χ2n) is 6.88. The van der Waals surface area contributed by atoms with E-state index in [2.05, 4.69) is 38.0 Å². The third-order valence-electron chi connectivity index (χ3n) is 4.13. The Hall–Kier alpha value is -0.960. The molecular formula is C16H27N3. The minimum Gasteiger partial charge on any atom is -0.309 e. The van der Waals surface area contributed by atoms with Crippen LogP contribution in [0.2, 0.25) is 0 Å². The van der Waals surface area contributed by atoms with E-state index in [-0.39, 0.29) is 0 Å². The van der Waals surface area contributed by atoms with Crippen molar-refractivity contribution in [2.24, 2.45) is 5.41 Å². The van der Waals surface area contributed by atoms with E-state index >= 15 is 0 Å². The molecule has 1 saturated carbocycles. The van der Waals surface area contributed by atoms with Crippen molar-refractivity contribution in [2.45, 2.75) is 71.9 Å². The minimum atomic E-state index is 0.494. The molecule has 0 amide bonds. The standard InChI is InChI=1S/C16H27N3/c1-12(2)18-11-14-7-10-17-15(19-14)13-5-8-16(3,4)9-6-13/h7,10,12-13,18H,5-6,8-9,11H2,1-4H3. The summed E-state index contributed by atoms with van der Waals surface area (Å²) in [6.45, 7) is 9.89. The van der Waals surface area contributed by atoms with Crippen LogP contribution in [-0.4, -0.2) is 16.0 Å². The van der Waals surface area contributed by atoms with Gasteiger partial charge in [0.2, 0.25) is 0 Å². The highest BCUT2D eigenvalue weighted by Gasteiger charge is 2.28. The topological polar surface area (TPSA) is 37.8 Å². The molecule has 2 rings (SSSR count). The molecule has 0 spiro atoms. The maximum atomic E-state index is 4.74. The fraction of sp³-hybridized carbons (Fsp3) is 0.750. The molecule has 1 aliphatic carbocycles. The minimum absolute atomic E-state index is 0.494. The van der Waals surface area contributed by atoms with Gasteiger partial charge in [-0.2, -0.15) is 0 Å². The quantitative estimate of drug-likeness (QED) is 0.899. The van der Waals surface area contributed by atoms with Crippen molar-refractivity contribution < 1.29 is 0 Å². The Labute approximate surface area is 117 Å². The predicted octanol–water partition coefficient (Wildman–Crippen LogP) is 3.66. The molecule has 1 N–H and O–H groups in total. The Kier molecular flexibility index (Phi) is 4.56. The van der Waals surface area contributed by atoms with Crippen LogP contribution >= 0.6 is 0 Å². The fourth-order valence-corrected chi connectivity index (χ4v) is 2.67. The number of hydrogen-bond acceptors (Lipinski definition) is 3. The summed E-state index contributed by atoms with van der Waals surface area (Å²) in [5.41, 5.74) is 1.62. The van der Waals surface area contributed by atoms with E-state index in [1.165, 1.54) is 25.7 Å². The van der Waals surface area contributed by atoms with Gasteiger partial charge in [-0.05, 0) is 37.2 Å². The Morgan fingerprint density at radius 1 is 1.32 bits per heavy atom. The molecule has 0 unspecified atom stereocenters. The van der Waals surface area contributed by atoms with Crippen LogP contribution in [0.15, 0.2) is 12.3 Å². The average Bonchev–Trinajstić information content (AvgIpc) is 2.37. The molecule has 0 saturated heterocycles. The van der Waals surface area contributed by atoms with Crippen molar-refractivity contribution in [3.8, 4) is 0 Å². The summed E-state index contributed by atoms with van der Waals surface area (Å²) >= 11 is 0. The van der Waals surface area contributed by atoms with Crippen LogP contribution in [-0.2, 0) is 6.54 Å². The zero-order chi connectivity index (χ0) is 13.9. The molecule has 0 atom stereocenters. The molecule has 3 nitrogen and oxygen atoms in total. The maximum Gasteiger partial charge on any atom is 0.131 e.